The summed E-state index contributed by atoms with van der Waals surface area (Å²) in [7, 11) is 0. The first-order chi connectivity index (χ1) is 14.1. The number of allylic oxidation sites excluding steroid dienone is 1. The van der Waals surface area contributed by atoms with Crippen LogP contribution < -0.4 is 5.43 Å². The Morgan fingerprint density at radius 2 is 1.62 bits per heavy atom. The number of nitrogens with zero attached hydrogens (tertiary/aromatic N) is 2. The summed E-state index contributed by atoms with van der Waals surface area (Å²) in [6, 6.07) is 22.9. The SMILES string of the molecule is O=C(N/N=C(\C=C\c1ccccc1[N+](=O)[O-])c1ccccc1)c1ccccc1I. The maximum atomic E-state index is 12.5. The van der Waals surface area contributed by atoms with Crippen molar-refractivity contribution in [3.05, 3.63) is 115 Å². The second-order valence-electron chi connectivity index (χ2n) is 5.93. The second kappa shape index (κ2) is 9.74. The molecule has 6 nitrogen and oxygen atoms in total. The zero-order valence-electron chi connectivity index (χ0n) is 15.2. The van der Waals surface area contributed by atoms with Crippen molar-refractivity contribution < 1.29 is 9.72 Å². The van der Waals surface area contributed by atoms with Crippen molar-refractivity contribution in [3.63, 3.8) is 0 Å². The highest BCUT2D eigenvalue weighted by molar-refractivity contribution is 14.1. The number of nitrogens with one attached hydrogen (secondary N) is 1. The van der Waals surface area contributed by atoms with Crippen molar-refractivity contribution in [3.8, 4) is 0 Å². The fourth-order valence-electron chi connectivity index (χ4n) is 2.59. The van der Waals surface area contributed by atoms with E-state index in [1.165, 1.54) is 6.07 Å². The van der Waals surface area contributed by atoms with Crippen LogP contribution in [0.3, 0.4) is 0 Å². The molecule has 0 heterocycles. The van der Waals surface area contributed by atoms with Crippen molar-refractivity contribution in [1.29, 1.82) is 0 Å². The first-order valence-corrected chi connectivity index (χ1v) is 9.73. The van der Waals surface area contributed by atoms with Crippen LogP contribution in [0.25, 0.3) is 6.08 Å². The number of halogens is 1. The highest BCUT2D eigenvalue weighted by Crippen LogP contribution is 2.19. The molecule has 0 aromatic heterocycles. The number of para-hydroxylation sites is 1. The van der Waals surface area contributed by atoms with Crippen LogP contribution in [-0.2, 0) is 0 Å². The van der Waals surface area contributed by atoms with Crippen molar-refractivity contribution in [1.82, 2.24) is 5.43 Å². The lowest BCUT2D eigenvalue weighted by Gasteiger charge is -2.05. The smallest absolute Gasteiger partial charge is 0.267 e. The number of amides is 1. The van der Waals surface area contributed by atoms with Gasteiger partial charge in [-0.2, -0.15) is 5.10 Å². The molecule has 3 rings (SSSR count). The molecule has 0 fully saturated rings. The molecule has 0 radical (unpaired) electrons. The molecule has 0 saturated heterocycles. The van der Waals surface area contributed by atoms with E-state index in [0.717, 1.165) is 9.13 Å². The number of nitro benzene ring substituents is 1. The first-order valence-electron chi connectivity index (χ1n) is 8.66. The van der Waals surface area contributed by atoms with Gasteiger partial charge in [-0.15, -0.1) is 0 Å². The lowest BCUT2D eigenvalue weighted by atomic mass is 10.1. The van der Waals surface area contributed by atoms with Crippen LogP contribution in [0.15, 0.2) is 90.0 Å². The molecule has 0 bridgehead atoms. The van der Waals surface area contributed by atoms with E-state index in [1.807, 2.05) is 42.5 Å². The van der Waals surface area contributed by atoms with Gasteiger partial charge in [-0.3, -0.25) is 14.9 Å². The van der Waals surface area contributed by atoms with Gasteiger partial charge < -0.3 is 0 Å². The monoisotopic (exact) mass is 497 g/mol. The van der Waals surface area contributed by atoms with Gasteiger partial charge in [-0.25, -0.2) is 5.43 Å². The van der Waals surface area contributed by atoms with Crippen molar-refractivity contribution in [2.45, 2.75) is 0 Å². The average Bonchev–Trinajstić information content (AvgIpc) is 2.74. The summed E-state index contributed by atoms with van der Waals surface area (Å²) < 4.78 is 0.814. The zero-order chi connectivity index (χ0) is 20.6. The van der Waals surface area contributed by atoms with Gasteiger partial charge in [0, 0.05) is 15.2 Å². The fraction of sp³-hybridized carbons (Fsp3) is 0. The maximum Gasteiger partial charge on any atom is 0.276 e. The van der Waals surface area contributed by atoms with E-state index in [9.17, 15) is 14.9 Å². The Hall–Kier alpha value is -3.33. The molecule has 0 saturated carbocycles. The van der Waals surface area contributed by atoms with Gasteiger partial charge in [0.25, 0.3) is 11.6 Å². The molecule has 1 N–H and O–H groups in total. The topological polar surface area (TPSA) is 84.6 Å². The molecule has 3 aromatic carbocycles. The lowest BCUT2D eigenvalue weighted by molar-refractivity contribution is -0.385. The molecule has 0 aliphatic rings. The Morgan fingerprint density at radius 1 is 0.966 bits per heavy atom. The summed E-state index contributed by atoms with van der Waals surface area (Å²) in [5, 5.41) is 15.5. The highest BCUT2D eigenvalue weighted by atomic mass is 127. The van der Waals surface area contributed by atoms with Crippen molar-refractivity contribution >= 4 is 46.0 Å². The first kappa shape index (κ1) is 20.4. The lowest BCUT2D eigenvalue weighted by Crippen LogP contribution is -2.20. The van der Waals surface area contributed by atoms with Gasteiger partial charge in [0.05, 0.1) is 21.8 Å². The number of carbonyl (C=O) groups excluding carboxylic acids is 1. The molecule has 0 atom stereocenters. The van der Waals surface area contributed by atoms with E-state index < -0.39 is 4.92 Å². The zero-order valence-corrected chi connectivity index (χ0v) is 17.3. The summed E-state index contributed by atoms with van der Waals surface area (Å²) in [5.41, 5.74) is 4.78. The standard InChI is InChI=1S/C22H16IN3O3/c23-19-12-6-5-11-18(19)22(27)25-24-20(16-8-2-1-3-9-16)15-14-17-10-4-7-13-21(17)26(28)29/h1-15H,(H,25,27)/b15-14+,24-20+. The van der Waals surface area contributed by atoms with E-state index >= 15 is 0 Å². The van der Waals surface area contributed by atoms with Crippen molar-refractivity contribution in [2.24, 2.45) is 5.10 Å². The van der Waals surface area contributed by atoms with Crippen LogP contribution in [0.5, 0.6) is 0 Å². The van der Waals surface area contributed by atoms with Gasteiger partial charge in [-0.05, 0) is 52.9 Å². The molecule has 0 aliphatic carbocycles. The fourth-order valence-corrected chi connectivity index (χ4v) is 3.22. The number of hydrogen-bond acceptors (Lipinski definition) is 4. The van der Waals surface area contributed by atoms with Crippen molar-refractivity contribution in [2.75, 3.05) is 0 Å². The molecule has 3 aromatic rings. The molecule has 1 amide bonds. The van der Waals surface area contributed by atoms with Crippen LogP contribution in [0.1, 0.15) is 21.5 Å². The Morgan fingerprint density at radius 3 is 2.34 bits per heavy atom. The average molecular weight is 497 g/mol. The maximum absolute atomic E-state index is 12.5. The summed E-state index contributed by atoms with van der Waals surface area (Å²) in [6.45, 7) is 0. The molecule has 0 aliphatic heterocycles. The minimum atomic E-state index is -0.432. The molecular formula is C22H16IN3O3. The minimum Gasteiger partial charge on any atom is -0.267 e. The molecule has 144 valence electrons. The van der Waals surface area contributed by atoms with E-state index in [1.54, 1.807) is 42.5 Å². The largest absolute Gasteiger partial charge is 0.276 e. The van der Waals surface area contributed by atoms with E-state index in [0.29, 0.717) is 16.8 Å². The normalized spacial score (nSPS) is 11.4. The Labute approximate surface area is 181 Å². The van der Waals surface area contributed by atoms with Gasteiger partial charge in [0.15, 0.2) is 0 Å². The van der Waals surface area contributed by atoms with E-state index in [4.69, 9.17) is 0 Å². The molecule has 0 unspecified atom stereocenters. The predicted molar refractivity (Wildman–Crippen MR) is 122 cm³/mol. The van der Waals surface area contributed by atoms with Crippen LogP contribution in [-0.4, -0.2) is 16.5 Å². The molecule has 7 heteroatoms. The van der Waals surface area contributed by atoms with Crippen LogP contribution >= 0.6 is 22.6 Å². The summed E-state index contributed by atoms with van der Waals surface area (Å²) in [4.78, 5) is 23.3. The third-order valence-corrected chi connectivity index (χ3v) is 4.96. The number of nitro groups is 1. The molecule has 29 heavy (non-hydrogen) atoms. The molecular weight excluding hydrogens is 481 g/mol. The van der Waals surface area contributed by atoms with Crippen LogP contribution in [0, 0.1) is 13.7 Å². The Balaban J connectivity index is 1.92. The number of carbonyl (C=O) groups is 1. The van der Waals surface area contributed by atoms with Gasteiger partial charge in [0.2, 0.25) is 0 Å². The minimum absolute atomic E-state index is 0.000892. The highest BCUT2D eigenvalue weighted by Gasteiger charge is 2.11. The van der Waals surface area contributed by atoms with Gasteiger partial charge >= 0.3 is 0 Å². The summed E-state index contributed by atoms with van der Waals surface area (Å²) >= 11 is 2.09. The number of hydrazone groups is 1. The number of benzene rings is 3. The Bertz CT molecular complexity index is 1100. The van der Waals surface area contributed by atoms with Gasteiger partial charge in [0.1, 0.15) is 0 Å². The quantitative estimate of drug-likeness (QED) is 0.224. The third kappa shape index (κ3) is 5.35. The number of rotatable bonds is 6. The van der Waals surface area contributed by atoms with Gasteiger partial charge in [-0.1, -0.05) is 54.6 Å². The third-order valence-electron chi connectivity index (χ3n) is 4.02. The summed E-state index contributed by atoms with van der Waals surface area (Å²) in [5.74, 6) is -0.331. The Kier molecular flexibility index (Phi) is 6.85. The van der Waals surface area contributed by atoms with Crippen LogP contribution in [0.2, 0.25) is 0 Å². The second-order valence-corrected chi connectivity index (χ2v) is 7.10. The van der Waals surface area contributed by atoms with Crippen LogP contribution in [0.4, 0.5) is 5.69 Å². The predicted octanol–water partition coefficient (Wildman–Crippen LogP) is 5.05. The summed E-state index contributed by atoms with van der Waals surface area (Å²) in [6.07, 6.45) is 3.26. The van der Waals surface area contributed by atoms with E-state index in [-0.39, 0.29) is 11.6 Å². The van der Waals surface area contributed by atoms with E-state index in [2.05, 4.69) is 33.1 Å². The number of hydrogen-bond donors (Lipinski definition) is 1. The molecule has 0 spiro atoms.